The van der Waals surface area contributed by atoms with E-state index in [9.17, 15) is 0 Å². The van der Waals surface area contributed by atoms with Gasteiger partial charge in [-0.1, -0.05) is 23.7 Å². The molecule has 0 saturated heterocycles. The minimum absolute atomic E-state index is 0.474. The molecule has 0 spiro atoms. The van der Waals surface area contributed by atoms with Crippen molar-refractivity contribution in [1.82, 2.24) is 15.0 Å². The number of halogens is 1. The van der Waals surface area contributed by atoms with Crippen molar-refractivity contribution >= 4 is 45.2 Å². The molecule has 102 valence electrons. The van der Waals surface area contributed by atoms with E-state index in [2.05, 4.69) is 32.5 Å². The molecule has 1 aromatic carbocycles. The molecular weight excluding hydrogens is 322 g/mol. The molecular formula is C15H8ClN3S2. The van der Waals surface area contributed by atoms with Crippen molar-refractivity contribution in [2.45, 2.75) is 0 Å². The Hall–Kier alpha value is -1.82. The van der Waals surface area contributed by atoms with Crippen LogP contribution in [0.2, 0.25) is 5.15 Å². The van der Waals surface area contributed by atoms with E-state index in [1.165, 1.54) is 16.2 Å². The normalized spacial score (nSPS) is 11.1. The van der Waals surface area contributed by atoms with Crippen LogP contribution in [-0.2, 0) is 0 Å². The van der Waals surface area contributed by atoms with Crippen molar-refractivity contribution in [2.24, 2.45) is 0 Å². The molecule has 3 heterocycles. The van der Waals surface area contributed by atoms with Gasteiger partial charge >= 0.3 is 0 Å². The molecule has 0 atom stereocenters. The smallest absolute Gasteiger partial charge is 0.173 e. The van der Waals surface area contributed by atoms with Crippen LogP contribution < -0.4 is 0 Å². The fourth-order valence-electron chi connectivity index (χ4n) is 2.12. The summed E-state index contributed by atoms with van der Waals surface area (Å²) in [7, 11) is 0. The van der Waals surface area contributed by atoms with E-state index in [-0.39, 0.29) is 0 Å². The third-order valence-corrected chi connectivity index (χ3v) is 5.08. The first-order valence-corrected chi connectivity index (χ1v) is 8.35. The molecule has 0 fully saturated rings. The van der Waals surface area contributed by atoms with Crippen LogP contribution in [0.5, 0.6) is 0 Å². The van der Waals surface area contributed by atoms with Gasteiger partial charge in [0.15, 0.2) is 5.82 Å². The van der Waals surface area contributed by atoms with E-state index in [4.69, 9.17) is 11.6 Å². The fourth-order valence-corrected chi connectivity index (χ4v) is 3.63. The maximum absolute atomic E-state index is 6.35. The number of fused-ring (bicyclic) bond motifs is 1. The van der Waals surface area contributed by atoms with Gasteiger partial charge in [0.05, 0.1) is 15.9 Å². The van der Waals surface area contributed by atoms with E-state index < -0.39 is 0 Å². The van der Waals surface area contributed by atoms with Gasteiger partial charge in [0.25, 0.3) is 0 Å². The lowest BCUT2D eigenvalue weighted by Gasteiger charge is -2.05. The monoisotopic (exact) mass is 329 g/mol. The predicted molar refractivity (Wildman–Crippen MR) is 89.0 cm³/mol. The van der Waals surface area contributed by atoms with Crippen LogP contribution in [0, 0.1) is 0 Å². The highest BCUT2D eigenvalue weighted by atomic mass is 35.5. The molecule has 0 saturated carbocycles. The third kappa shape index (κ3) is 2.33. The number of benzene rings is 1. The van der Waals surface area contributed by atoms with Gasteiger partial charge in [-0.15, -0.1) is 22.7 Å². The van der Waals surface area contributed by atoms with Crippen LogP contribution >= 0.6 is 34.3 Å². The van der Waals surface area contributed by atoms with Crippen molar-refractivity contribution in [2.75, 3.05) is 0 Å². The topological polar surface area (TPSA) is 38.7 Å². The SMILES string of the molecule is Clc1nc(-c2cncs2)nc2ccc(-c3cccs3)cc12. The van der Waals surface area contributed by atoms with E-state index in [1.807, 2.05) is 18.2 Å². The van der Waals surface area contributed by atoms with E-state index in [1.54, 1.807) is 23.0 Å². The number of rotatable bonds is 2. The number of thiazole rings is 1. The summed E-state index contributed by atoms with van der Waals surface area (Å²) >= 11 is 9.55. The van der Waals surface area contributed by atoms with Crippen molar-refractivity contribution in [1.29, 1.82) is 0 Å². The van der Waals surface area contributed by atoms with Crippen molar-refractivity contribution in [3.8, 4) is 21.1 Å². The minimum atomic E-state index is 0.474. The average Bonchev–Trinajstić information content (AvgIpc) is 3.20. The van der Waals surface area contributed by atoms with E-state index in [0.717, 1.165) is 21.3 Å². The van der Waals surface area contributed by atoms with Crippen LogP contribution in [0.3, 0.4) is 0 Å². The molecule has 6 heteroatoms. The second kappa shape index (κ2) is 5.18. The first-order valence-electron chi connectivity index (χ1n) is 6.21. The molecule has 0 amide bonds. The maximum Gasteiger partial charge on any atom is 0.173 e. The van der Waals surface area contributed by atoms with Gasteiger partial charge in [0.2, 0.25) is 0 Å². The van der Waals surface area contributed by atoms with Crippen molar-refractivity contribution in [3.05, 3.63) is 52.6 Å². The average molecular weight is 330 g/mol. The standard InChI is InChI=1S/C15H8ClN3S2/c16-14-10-6-9(12-2-1-5-20-12)3-4-11(10)18-15(19-14)13-7-17-8-21-13/h1-8H. The van der Waals surface area contributed by atoms with Crippen LogP contribution in [0.25, 0.3) is 32.0 Å². The summed E-state index contributed by atoms with van der Waals surface area (Å²) < 4.78 is 0. The maximum atomic E-state index is 6.35. The second-order valence-corrected chi connectivity index (χ2v) is 6.60. The highest BCUT2D eigenvalue weighted by molar-refractivity contribution is 7.13. The van der Waals surface area contributed by atoms with Crippen molar-refractivity contribution < 1.29 is 0 Å². The first-order chi connectivity index (χ1) is 10.3. The van der Waals surface area contributed by atoms with Crippen LogP contribution in [-0.4, -0.2) is 15.0 Å². The Bertz CT molecular complexity index is 902. The molecule has 0 unspecified atom stereocenters. The number of aromatic nitrogens is 3. The third-order valence-electron chi connectivity index (χ3n) is 3.11. The summed E-state index contributed by atoms with van der Waals surface area (Å²) in [5.74, 6) is 0.624. The van der Waals surface area contributed by atoms with Crippen LogP contribution in [0.1, 0.15) is 0 Å². The Morgan fingerprint density at radius 1 is 1.00 bits per heavy atom. The summed E-state index contributed by atoms with van der Waals surface area (Å²) in [5, 5.41) is 3.41. The lowest BCUT2D eigenvalue weighted by molar-refractivity contribution is 1.23. The zero-order chi connectivity index (χ0) is 14.2. The fraction of sp³-hybridized carbons (Fsp3) is 0. The molecule has 0 bridgehead atoms. The molecule has 4 rings (SSSR count). The lowest BCUT2D eigenvalue weighted by Crippen LogP contribution is -1.90. The van der Waals surface area contributed by atoms with Gasteiger partial charge < -0.3 is 0 Å². The Balaban J connectivity index is 1.90. The highest BCUT2D eigenvalue weighted by Crippen LogP contribution is 2.31. The number of thiophene rings is 1. The van der Waals surface area contributed by atoms with Gasteiger partial charge in [-0.25, -0.2) is 9.97 Å². The van der Waals surface area contributed by atoms with E-state index >= 15 is 0 Å². The molecule has 0 aliphatic heterocycles. The summed E-state index contributed by atoms with van der Waals surface area (Å²) in [5.41, 5.74) is 3.74. The Morgan fingerprint density at radius 3 is 2.71 bits per heavy atom. The molecule has 0 aliphatic rings. The Labute approximate surface area is 133 Å². The summed E-state index contributed by atoms with van der Waals surface area (Å²) in [4.78, 5) is 15.2. The van der Waals surface area contributed by atoms with E-state index in [0.29, 0.717) is 11.0 Å². The second-order valence-electron chi connectivity index (χ2n) is 4.41. The molecule has 0 aliphatic carbocycles. The summed E-state index contributed by atoms with van der Waals surface area (Å²) in [6, 6.07) is 10.2. The molecule has 21 heavy (non-hydrogen) atoms. The largest absolute Gasteiger partial charge is 0.252 e. The van der Waals surface area contributed by atoms with Gasteiger partial charge in [-0.2, -0.15) is 0 Å². The quantitative estimate of drug-likeness (QED) is 0.478. The predicted octanol–water partition coefficient (Wildman–Crippen LogP) is 5.14. The first kappa shape index (κ1) is 12.9. The van der Waals surface area contributed by atoms with Crippen LogP contribution in [0.15, 0.2) is 47.4 Å². The Morgan fingerprint density at radius 2 is 1.95 bits per heavy atom. The minimum Gasteiger partial charge on any atom is -0.252 e. The molecule has 0 radical (unpaired) electrons. The highest BCUT2D eigenvalue weighted by Gasteiger charge is 2.10. The van der Waals surface area contributed by atoms with Gasteiger partial charge in [0.1, 0.15) is 5.15 Å². The number of hydrogen-bond acceptors (Lipinski definition) is 5. The molecule has 3 nitrogen and oxygen atoms in total. The number of nitrogens with zero attached hydrogens (tertiary/aromatic N) is 3. The van der Waals surface area contributed by atoms with Crippen LogP contribution in [0.4, 0.5) is 0 Å². The zero-order valence-electron chi connectivity index (χ0n) is 10.7. The van der Waals surface area contributed by atoms with Crippen molar-refractivity contribution in [3.63, 3.8) is 0 Å². The van der Waals surface area contributed by atoms with Gasteiger partial charge in [-0.05, 0) is 29.1 Å². The summed E-state index contributed by atoms with van der Waals surface area (Å²) in [6.45, 7) is 0. The molecule has 4 aromatic rings. The number of hydrogen-bond donors (Lipinski definition) is 0. The molecule has 3 aromatic heterocycles. The van der Waals surface area contributed by atoms with Gasteiger partial charge in [-0.3, -0.25) is 4.98 Å². The summed E-state index contributed by atoms with van der Waals surface area (Å²) in [6.07, 6.45) is 1.75. The van der Waals surface area contributed by atoms with Gasteiger partial charge in [0, 0.05) is 16.5 Å². The zero-order valence-corrected chi connectivity index (χ0v) is 13.0. The lowest BCUT2D eigenvalue weighted by atomic mass is 10.1. The Kier molecular flexibility index (Phi) is 3.18. The molecule has 0 N–H and O–H groups in total.